The summed E-state index contributed by atoms with van der Waals surface area (Å²) >= 11 is 6.28. The zero-order chi connectivity index (χ0) is 21.4. The lowest BCUT2D eigenvalue weighted by atomic mass is 10.0. The summed E-state index contributed by atoms with van der Waals surface area (Å²) < 4.78 is 21.8. The van der Waals surface area contributed by atoms with Gasteiger partial charge in [0.15, 0.2) is 5.82 Å². The standard InChI is InChI=1S/C22H18ClFN2O4/c1-30-17-7-4-5-14(23)18(17)20(27)21-25-19(16-6-2-3-10-26(16)21)13-9-8-12(22(28)29)11-15(13)24/h4-5,7-9,11H,2-3,6,10H2,1H3,(H,28,29). The van der Waals surface area contributed by atoms with Crippen molar-refractivity contribution in [1.82, 2.24) is 9.55 Å². The van der Waals surface area contributed by atoms with Gasteiger partial charge in [0.2, 0.25) is 5.78 Å². The van der Waals surface area contributed by atoms with Gasteiger partial charge in [-0.15, -0.1) is 0 Å². The van der Waals surface area contributed by atoms with E-state index in [1.807, 2.05) is 0 Å². The van der Waals surface area contributed by atoms with E-state index < -0.39 is 17.6 Å². The summed E-state index contributed by atoms with van der Waals surface area (Å²) in [5.41, 5.74) is 1.31. The highest BCUT2D eigenvalue weighted by molar-refractivity contribution is 6.35. The van der Waals surface area contributed by atoms with E-state index in [1.54, 1.807) is 22.8 Å². The fourth-order valence-electron chi connectivity index (χ4n) is 3.78. The molecule has 30 heavy (non-hydrogen) atoms. The Balaban J connectivity index is 1.88. The molecule has 2 aromatic carbocycles. The first-order valence-electron chi connectivity index (χ1n) is 9.42. The van der Waals surface area contributed by atoms with Crippen LogP contribution in [0.5, 0.6) is 5.75 Å². The van der Waals surface area contributed by atoms with Crippen molar-refractivity contribution >= 4 is 23.4 Å². The van der Waals surface area contributed by atoms with Crippen LogP contribution < -0.4 is 4.74 Å². The van der Waals surface area contributed by atoms with E-state index in [0.29, 0.717) is 24.4 Å². The summed E-state index contributed by atoms with van der Waals surface area (Å²) in [4.78, 5) is 29.0. The molecule has 0 fully saturated rings. The first-order chi connectivity index (χ1) is 14.4. The number of carbonyl (C=O) groups is 2. The van der Waals surface area contributed by atoms with E-state index in [-0.39, 0.29) is 27.5 Å². The number of benzene rings is 2. The van der Waals surface area contributed by atoms with Gasteiger partial charge in [0, 0.05) is 17.8 Å². The molecule has 0 unspecified atom stereocenters. The number of fused-ring (bicyclic) bond motifs is 1. The molecule has 0 spiro atoms. The van der Waals surface area contributed by atoms with Crippen molar-refractivity contribution in [3.63, 3.8) is 0 Å². The molecule has 0 saturated heterocycles. The van der Waals surface area contributed by atoms with Crippen LogP contribution in [0.15, 0.2) is 36.4 Å². The monoisotopic (exact) mass is 428 g/mol. The van der Waals surface area contributed by atoms with Crippen molar-refractivity contribution in [3.8, 4) is 17.0 Å². The topological polar surface area (TPSA) is 81.4 Å². The number of hydrogen-bond acceptors (Lipinski definition) is 4. The number of methoxy groups -OCH3 is 1. The number of hydrogen-bond donors (Lipinski definition) is 1. The Bertz CT molecular complexity index is 1170. The number of ketones is 1. The number of ether oxygens (including phenoxy) is 1. The predicted octanol–water partition coefficient (Wildman–Crippen LogP) is 4.62. The summed E-state index contributed by atoms with van der Waals surface area (Å²) in [6.45, 7) is 0.574. The highest BCUT2D eigenvalue weighted by Gasteiger charge is 2.29. The quantitative estimate of drug-likeness (QED) is 0.600. The second kappa shape index (κ2) is 7.91. The van der Waals surface area contributed by atoms with Crippen LogP contribution in [0.4, 0.5) is 4.39 Å². The Morgan fingerprint density at radius 1 is 1.23 bits per heavy atom. The molecule has 2 heterocycles. The van der Waals surface area contributed by atoms with Crippen LogP contribution >= 0.6 is 11.6 Å². The Morgan fingerprint density at radius 3 is 2.73 bits per heavy atom. The third-order valence-electron chi connectivity index (χ3n) is 5.21. The van der Waals surface area contributed by atoms with Gasteiger partial charge in [0.05, 0.1) is 29.0 Å². The first kappa shape index (κ1) is 20.1. The smallest absolute Gasteiger partial charge is 0.335 e. The molecule has 0 aliphatic carbocycles. The van der Waals surface area contributed by atoms with Crippen molar-refractivity contribution in [2.75, 3.05) is 7.11 Å². The summed E-state index contributed by atoms with van der Waals surface area (Å²) in [7, 11) is 1.45. The minimum absolute atomic E-state index is 0.151. The van der Waals surface area contributed by atoms with Gasteiger partial charge in [-0.25, -0.2) is 14.2 Å². The van der Waals surface area contributed by atoms with Crippen molar-refractivity contribution in [1.29, 1.82) is 0 Å². The number of rotatable bonds is 5. The van der Waals surface area contributed by atoms with Crippen LogP contribution in [0, 0.1) is 5.82 Å². The maximum absolute atomic E-state index is 14.7. The van der Waals surface area contributed by atoms with Crippen LogP contribution in [0.2, 0.25) is 5.02 Å². The van der Waals surface area contributed by atoms with Crippen molar-refractivity contribution in [2.45, 2.75) is 25.8 Å². The predicted molar refractivity (Wildman–Crippen MR) is 109 cm³/mol. The van der Waals surface area contributed by atoms with Gasteiger partial charge < -0.3 is 14.4 Å². The minimum Gasteiger partial charge on any atom is -0.496 e. The molecule has 6 nitrogen and oxygen atoms in total. The fraction of sp³-hybridized carbons (Fsp3) is 0.227. The minimum atomic E-state index is -1.21. The molecule has 1 N–H and O–H groups in total. The highest BCUT2D eigenvalue weighted by Crippen LogP contribution is 2.34. The summed E-state index contributed by atoms with van der Waals surface area (Å²) in [5.74, 6) is -1.83. The van der Waals surface area contributed by atoms with E-state index >= 15 is 0 Å². The Morgan fingerprint density at radius 2 is 2.03 bits per heavy atom. The SMILES string of the molecule is COc1cccc(Cl)c1C(=O)c1nc(-c2ccc(C(=O)O)cc2F)c2n1CCCC2. The van der Waals surface area contributed by atoms with Gasteiger partial charge in [-0.1, -0.05) is 17.7 Å². The average Bonchev–Trinajstić information content (AvgIpc) is 3.12. The molecule has 1 aliphatic rings. The Kier molecular flexibility index (Phi) is 5.30. The summed E-state index contributed by atoms with van der Waals surface area (Å²) in [6.07, 6.45) is 2.38. The fourth-order valence-corrected chi connectivity index (χ4v) is 4.03. The number of aromatic carboxylic acids is 1. The largest absolute Gasteiger partial charge is 0.496 e. The Hall–Kier alpha value is -3.19. The van der Waals surface area contributed by atoms with Gasteiger partial charge in [-0.3, -0.25) is 4.79 Å². The number of carboxylic acids is 1. The lowest BCUT2D eigenvalue weighted by molar-refractivity contribution is 0.0696. The number of nitrogens with zero attached hydrogens (tertiary/aromatic N) is 2. The van der Waals surface area contributed by atoms with Crippen molar-refractivity contribution in [3.05, 3.63) is 69.9 Å². The van der Waals surface area contributed by atoms with Crippen LogP contribution in [-0.4, -0.2) is 33.5 Å². The summed E-state index contributed by atoms with van der Waals surface area (Å²) in [6, 6.07) is 8.61. The highest BCUT2D eigenvalue weighted by atomic mass is 35.5. The third-order valence-corrected chi connectivity index (χ3v) is 5.53. The van der Waals surface area contributed by atoms with Gasteiger partial charge in [0.25, 0.3) is 0 Å². The van der Waals surface area contributed by atoms with Crippen LogP contribution in [0.25, 0.3) is 11.3 Å². The number of aromatic nitrogens is 2. The molecule has 3 aromatic rings. The zero-order valence-electron chi connectivity index (χ0n) is 16.1. The van der Waals surface area contributed by atoms with Gasteiger partial charge in [-0.05, 0) is 49.6 Å². The van der Waals surface area contributed by atoms with E-state index in [1.165, 1.54) is 19.2 Å². The van der Waals surface area contributed by atoms with Gasteiger partial charge >= 0.3 is 5.97 Å². The third kappa shape index (κ3) is 3.35. The number of carboxylic acid groups (broad SMARTS) is 1. The summed E-state index contributed by atoms with van der Waals surface area (Å²) in [5, 5.41) is 9.33. The Labute approximate surface area is 176 Å². The van der Waals surface area contributed by atoms with Crippen molar-refractivity contribution < 1.29 is 23.8 Å². The molecule has 0 bridgehead atoms. The van der Waals surface area contributed by atoms with E-state index in [9.17, 15) is 14.0 Å². The second-order valence-corrected chi connectivity index (χ2v) is 7.39. The molecule has 8 heteroatoms. The van der Waals surface area contributed by atoms with E-state index in [4.69, 9.17) is 21.4 Å². The lowest BCUT2D eigenvalue weighted by Crippen LogP contribution is -2.17. The average molecular weight is 429 g/mol. The lowest BCUT2D eigenvalue weighted by Gasteiger charge is -2.17. The normalized spacial score (nSPS) is 13.0. The van der Waals surface area contributed by atoms with Crippen molar-refractivity contribution in [2.24, 2.45) is 0 Å². The molecule has 0 saturated carbocycles. The van der Waals surface area contributed by atoms with Crippen LogP contribution in [-0.2, 0) is 13.0 Å². The molecule has 1 aliphatic heterocycles. The first-order valence-corrected chi connectivity index (χ1v) is 9.80. The maximum Gasteiger partial charge on any atom is 0.335 e. The molecule has 4 rings (SSSR count). The molecule has 0 radical (unpaired) electrons. The second-order valence-electron chi connectivity index (χ2n) is 6.99. The molecular formula is C22H18ClFN2O4. The number of halogens is 2. The number of imidazole rings is 1. The maximum atomic E-state index is 14.7. The van der Waals surface area contributed by atoms with E-state index in [0.717, 1.165) is 24.6 Å². The molecule has 1 aromatic heterocycles. The van der Waals surface area contributed by atoms with Crippen LogP contribution in [0.1, 0.15) is 45.1 Å². The molecule has 154 valence electrons. The molecule has 0 atom stereocenters. The van der Waals surface area contributed by atoms with Crippen LogP contribution in [0.3, 0.4) is 0 Å². The molecular weight excluding hydrogens is 411 g/mol. The zero-order valence-corrected chi connectivity index (χ0v) is 16.9. The van der Waals surface area contributed by atoms with Gasteiger partial charge in [0.1, 0.15) is 11.6 Å². The van der Waals surface area contributed by atoms with Gasteiger partial charge in [-0.2, -0.15) is 0 Å². The van der Waals surface area contributed by atoms with E-state index in [2.05, 4.69) is 4.98 Å². The molecule has 0 amide bonds. The number of carbonyl (C=O) groups excluding carboxylic acids is 1.